The molecule has 0 bridgehead atoms. The van der Waals surface area contributed by atoms with Gasteiger partial charge in [0.25, 0.3) is 0 Å². The van der Waals surface area contributed by atoms with Gasteiger partial charge in [0, 0.05) is 18.8 Å². The number of rotatable bonds is 3. The fourth-order valence-corrected chi connectivity index (χ4v) is 7.92. The number of fused-ring (bicyclic) bond motifs is 5. The maximum absolute atomic E-state index is 11.9. The molecule has 0 aliphatic heterocycles. The molecule has 5 aliphatic rings. The standard InChI is InChI=1S/C27H36O3/c1-4-27(30-18(2)28)16-14-25-24-11-9-19-17-21(29-20-7-5-6-8-20)10-12-22(19)23(24)13-15-26(25,27)3/h1,9,17,20,22-25H,5-8,10-16H2,2-3H3/t22-,23-,24+,25-,26-,27+/m0/s1. The van der Waals surface area contributed by atoms with Crippen molar-refractivity contribution in [2.24, 2.45) is 29.1 Å². The van der Waals surface area contributed by atoms with Crippen LogP contribution in [-0.2, 0) is 14.3 Å². The van der Waals surface area contributed by atoms with Crippen LogP contribution in [0.2, 0.25) is 0 Å². The molecule has 3 heteroatoms. The second kappa shape index (κ2) is 7.47. The first-order chi connectivity index (χ1) is 14.5. The summed E-state index contributed by atoms with van der Waals surface area (Å²) >= 11 is 0. The third kappa shape index (κ3) is 3.05. The molecule has 5 rings (SSSR count). The largest absolute Gasteiger partial charge is 0.495 e. The molecule has 0 spiro atoms. The van der Waals surface area contributed by atoms with E-state index in [4.69, 9.17) is 15.9 Å². The Morgan fingerprint density at radius 2 is 1.93 bits per heavy atom. The van der Waals surface area contributed by atoms with Gasteiger partial charge in [0.1, 0.15) is 0 Å². The van der Waals surface area contributed by atoms with E-state index in [1.807, 2.05) is 0 Å². The maximum Gasteiger partial charge on any atom is 0.304 e. The summed E-state index contributed by atoms with van der Waals surface area (Å²) in [6, 6.07) is 0. The van der Waals surface area contributed by atoms with Crippen molar-refractivity contribution in [1.29, 1.82) is 0 Å². The van der Waals surface area contributed by atoms with Gasteiger partial charge in [-0.3, -0.25) is 4.79 Å². The topological polar surface area (TPSA) is 35.5 Å². The highest BCUT2D eigenvalue weighted by Gasteiger charge is 2.64. The lowest BCUT2D eigenvalue weighted by molar-refractivity contribution is -0.167. The Balaban J connectivity index is 1.36. The van der Waals surface area contributed by atoms with Crippen molar-refractivity contribution in [3.63, 3.8) is 0 Å². The molecule has 0 aromatic carbocycles. The SMILES string of the molecule is C#C[C@@]1(OC(C)=O)CC[C@H]2[C@@H]3CC=C4C=C(OC5CCCC5)CC[C@@H]4[C@@H]3CC[C@@]21C. The van der Waals surface area contributed by atoms with Gasteiger partial charge in [-0.25, -0.2) is 0 Å². The van der Waals surface area contributed by atoms with Crippen molar-refractivity contribution in [1.82, 2.24) is 0 Å². The second-order valence-corrected chi connectivity index (χ2v) is 10.7. The molecule has 0 radical (unpaired) electrons. The van der Waals surface area contributed by atoms with Gasteiger partial charge in [-0.05, 0) is 99.5 Å². The van der Waals surface area contributed by atoms with Gasteiger partial charge in [-0.2, -0.15) is 0 Å². The van der Waals surface area contributed by atoms with Gasteiger partial charge in [0.2, 0.25) is 0 Å². The Kier molecular flexibility index (Phi) is 5.04. The Morgan fingerprint density at radius 3 is 2.67 bits per heavy atom. The van der Waals surface area contributed by atoms with E-state index in [0.29, 0.717) is 23.9 Å². The lowest BCUT2D eigenvalue weighted by atomic mass is 9.51. The molecule has 0 saturated heterocycles. The number of ether oxygens (including phenoxy) is 2. The third-order valence-electron chi connectivity index (χ3n) is 9.38. The Morgan fingerprint density at radius 1 is 1.13 bits per heavy atom. The number of carbonyl (C=O) groups is 1. The van der Waals surface area contributed by atoms with E-state index in [0.717, 1.165) is 38.0 Å². The molecule has 0 unspecified atom stereocenters. The van der Waals surface area contributed by atoms with Crippen LogP contribution in [-0.4, -0.2) is 17.7 Å². The van der Waals surface area contributed by atoms with E-state index in [1.54, 1.807) is 0 Å². The summed E-state index contributed by atoms with van der Waals surface area (Å²) < 4.78 is 12.2. The number of hydrogen-bond donors (Lipinski definition) is 0. The van der Waals surface area contributed by atoms with Crippen LogP contribution in [0.4, 0.5) is 0 Å². The molecular weight excluding hydrogens is 372 g/mol. The summed E-state index contributed by atoms with van der Waals surface area (Å²) in [5, 5.41) is 0. The van der Waals surface area contributed by atoms with Crippen LogP contribution in [0.3, 0.4) is 0 Å². The van der Waals surface area contributed by atoms with Crippen molar-refractivity contribution < 1.29 is 14.3 Å². The minimum Gasteiger partial charge on any atom is -0.495 e. The van der Waals surface area contributed by atoms with Crippen molar-refractivity contribution in [3.8, 4) is 12.3 Å². The van der Waals surface area contributed by atoms with Crippen LogP contribution < -0.4 is 0 Å². The van der Waals surface area contributed by atoms with E-state index >= 15 is 0 Å². The summed E-state index contributed by atoms with van der Waals surface area (Å²) in [6.45, 7) is 3.80. The molecule has 0 amide bonds. The zero-order valence-corrected chi connectivity index (χ0v) is 18.6. The molecule has 3 saturated carbocycles. The predicted octanol–water partition coefficient (Wildman–Crippen LogP) is 5.95. The Bertz CT molecular complexity index is 810. The molecule has 3 nitrogen and oxygen atoms in total. The highest BCUT2D eigenvalue weighted by atomic mass is 16.6. The molecule has 162 valence electrons. The van der Waals surface area contributed by atoms with Gasteiger partial charge in [0.05, 0.1) is 11.9 Å². The van der Waals surface area contributed by atoms with E-state index in [1.165, 1.54) is 56.8 Å². The van der Waals surface area contributed by atoms with Crippen LogP contribution in [0.1, 0.15) is 84.5 Å². The van der Waals surface area contributed by atoms with Crippen LogP contribution in [0.25, 0.3) is 0 Å². The number of carbonyl (C=O) groups excluding carboxylic acids is 1. The van der Waals surface area contributed by atoms with E-state index < -0.39 is 5.60 Å². The van der Waals surface area contributed by atoms with E-state index in [2.05, 4.69) is 25.0 Å². The van der Waals surface area contributed by atoms with Crippen LogP contribution >= 0.6 is 0 Å². The van der Waals surface area contributed by atoms with Gasteiger partial charge in [-0.15, -0.1) is 6.42 Å². The van der Waals surface area contributed by atoms with Crippen LogP contribution in [0.5, 0.6) is 0 Å². The van der Waals surface area contributed by atoms with Gasteiger partial charge in [-0.1, -0.05) is 18.9 Å². The van der Waals surface area contributed by atoms with Crippen LogP contribution in [0, 0.1) is 41.4 Å². The zero-order valence-electron chi connectivity index (χ0n) is 18.6. The molecule has 0 heterocycles. The summed E-state index contributed by atoms with van der Waals surface area (Å²) in [5.41, 5.74) is 0.717. The first kappa shape index (κ1) is 20.2. The average molecular weight is 409 g/mol. The van der Waals surface area contributed by atoms with Crippen molar-refractivity contribution in [3.05, 3.63) is 23.5 Å². The molecule has 6 atom stereocenters. The van der Waals surface area contributed by atoms with E-state index in [-0.39, 0.29) is 11.4 Å². The minimum absolute atomic E-state index is 0.0961. The molecule has 0 N–H and O–H groups in total. The fourth-order valence-electron chi connectivity index (χ4n) is 7.92. The van der Waals surface area contributed by atoms with Crippen molar-refractivity contribution in [2.45, 2.75) is 96.2 Å². The molecular formula is C27H36O3. The average Bonchev–Trinajstić information content (AvgIpc) is 3.33. The Hall–Kier alpha value is -1.69. The summed E-state index contributed by atoms with van der Waals surface area (Å²) in [5.74, 6) is 6.55. The Labute approximate surface area is 181 Å². The molecule has 0 aromatic heterocycles. The quantitative estimate of drug-likeness (QED) is 0.428. The molecule has 30 heavy (non-hydrogen) atoms. The van der Waals surface area contributed by atoms with Gasteiger partial charge >= 0.3 is 5.97 Å². The smallest absolute Gasteiger partial charge is 0.304 e. The fraction of sp³-hybridized carbons (Fsp3) is 0.741. The highest BCUT2D eigenvalue weighted by molar-refractivity contribution is 5.67. The normalized spacial score (nSPS) is 42.8. The van der Waals surface area contributed by atoms with Crippen molar-refractivity contribution >= 4 is 5.97 Å². The highest BCUT2D eigenvalue weighted by Crippen LogP contribution is 2.65. The summed E-state index contributed by atoms with van der Waals surface area (Å²) in [4.78, 5) is 11.9. The van der Waals surface area contributed by atoms with Gasteiger partial charge in [0.15, 0.2) is 5.60 Å². The molecule has 5 aliphatic carbocycles. The molecule has 3 fully saturated rings. The number of hydrogen-bond acceptors (Lipinski definition) is 3. The first-order valence-electron chi connectivity index (χ1n) is 12.2. The number of esters is 1. The summed E-state index contributed by atoms with van der Waals surface area (Å²) in [7, 11) is 0. The monoisotopic (exact) mass is 408 g/mol. The second-order valence-electron chi connectivity index (χ2n) is 10.7. The lowest BCUT2D eigenvalue weighted by Crippen LogP contribution is -2.53. The number of terminal acetylenes is 1. The van der Waals surface area contributed by atoms with Gasteiger partial charge < -0.3 is 9.47 Å². The zero-order chi connectivity index (χ0) is 20.9. The lowest BCUT2D eigenvalue weighted by Gasteiger charge is -2.54. The van der Waals surface area contributed by atoms with Crippen LogP contribution in [0.15, 0.2) is 23.5 Å². The number of allylic oxidation sites excluding steroid dienone is 4. The summed E-state index contributed by atoms with van der Waals surface area (Å²) in [6.07, 6.45) is 24.0. The predicted molar refractivity (Wildman–Crippen MR) is 117 cm³/mol. The third-order valence-corrected chi connectivity index (χ3v) is 9.38. The molecule has 0 aromatic rings. The minimum atomic E-state index is -0.715. The first-order valence-corrected chi connectivity index (χ1v) is 12.2. The van der Waals surface area contributed by atoms with E-state index in [9.17, 15) is 4.79 Å². The van der Waals surface area contributed by atoms with Crippen molar-refractivity contribution in [2.75, 3.05) is 0 Å². The maximum atomic E-state index is 11.9.